The minimum absolute atomic E-state index is 0.0805. The second kappa shape index (κ2) is 8.37. The number of benzene rings is 1. The molecule has 0 saturated heterocycles. The Morgan fingerprint density at radius 2 is 1.92 bits per heavy atom. The van der Waals surface area contributed by atoms with Gasteiger partial charge in [0.15, 0.2) is 0 Å². The molecule has 5 nitrogen and oxygen atoms in total. The van der Waals surface area contributed by atoms with Gasteiger partial charge >= 0.3 is 12.1 Å². The van der Waals surface area contributed by atoms with E-state index in [-0.39, 0.29) is 18.1 Å². The fraction of sp³-hybridized carbons (Fsp3) is 0.222. The van der Waals surface area contributed by atoms with Crippen LogP contribution in [0.1, 0.15) is 23.7 Å². The van der Waals surface area contributed by atoms with Gasteiger partial charge in [-0.2, -0.15) is 13.2 Å². The molecule has 0 bridgehead atoms. The molecule has 26 heavy (non-hydrogen) atoms. The van der Waals surface area contributed by atoms with Gasteiger partial charge < -0.3 is 14.6 Å². The predicted octanol–water partition coefficient (Wildman–Crippen LogP) is 4.14. The Morgan fingerprint density at radius 3 is 2.58 bits per heavy atom. The summed E-state index contributed by atoms with van der Waals surface area (Å²) in [5, 5.41) is 9.36. The second-order valence-corrected chi connectivity index (χ2v) is 5.10. The molecular weight excluding hydrogens is 351 g/mol. The average Bonchev–Trinajstić information content (AvgIpc) is 2.60. The van der Waals surface area contributed by atoms with Crippen LogP contribution in [0.25, 0.3) is 5.57 Å². The van der Waals surface area contributed by atoms with Gasteiger partial charge in [0.25, 0.3) is 0 Å². The SMILES string of the molecule is CCOC=C(C(=O)O)c1ccccc1COc1cccc(C(F)(F)F)n1. The largest absolute Gasteiger partial charge is 0.501 e. The first-order valence-electron chi connectivity index (χ1n) is 7.63. The quantitative estimate of drug-likeness (QED) is 0.588. The van der Waals surface area contributed by atoms with E-state index in [2.05, 4.69) is 4.98 Å². The van der Waals surface area contributed by atoms with Crippen molar-refractivity contribution in [2.45, 2.75) is 19.7 Å². The molecule has 0 aliphatic carbocycles. The lowest BCUT2D eigenvalue weighted by Gasteiger charge is -2.12. The highest BCUT2D eigenvalue weighted by atomic mass is 19.4. The highest BCUT2D eigenvalue weighted by Crippen LogP contribution is 2.29. The van der Waals surface area contributed by atoms with Gasteiger partial charge in [0, 0.05) is 6.07 Å². The lowest BCUT2D eigenvalue weighted by atomic mass is 10.0. The smallest absolute Gasteiger partial charge is 0.433 e. The van der Waals surface area contributed by atoms with E-state index in [4.69, 9.17) is 9.47 Å². The molecule has 8 heteroatoms. The summed E-state index contributed by atoms with van der Waals surface area (Å²) in [6, 6.07) is 9.82. The van der Waals surface area contributed by atoms with Gasteiger partial charge in [0.05, 0.1) is 12.9 Å². The molecule has 0 amide bonds. The van der Waals surface area contributed by atoms with Crippen molar-refractivity contribution in [1.29, 1.82) is 0 Å². The van der Waals surface area contributed by atoms with E-state index in [1.807, 2.05) is 0 Å². The van der Waals surface area contributed by atoms with E-state index in [0.717, 1.165) is 12.3 Å². The standard InChI is InChI=1S/C18H16F3NO4/c1-2-25-11-14(17(23)24)13-7-4-3-6-12(13)10-26-16-9-5-8-15(22-16)18(19,20)21/h3-9,11H,2,10H2,1H3,(H,23,24). The van der Waals surface area contributed by atoms with Crippen LogP contribution >= 0.6 is 0 Å². The molecule has 2 rings (SSSR count). The molecule has 1 aromatic carbocycles. The summed E-state index contributed by atoms with van der Waals surface area (Å²) in [4.78, 5) is 14.9. The van der Waals surface area contributed by atoms with Crippen LogP contribution in [0, 0.1) is 0 Å². The van der Waals surface area contributed by atoms with Gasteiger partial charge in [0.1, 0.15) is 17.9 Å². The minimum atomic E-state index is -4.58. The maximum Gasteiger partial charge on any atom is 0.433 e. The van der Waals surface area contributed by atoms with Crippen LogP contribution < -0.4 is 4.74 Å². The molecule has 0 spiro atoms. The van der Waals surface area contributed by atoms with Crippen LogP contribution in [0.2, 0.25) is 0 Å². The molecule has 1 aromatic heterocycles. The number of halogens is 3. The summed E-state index contributed by atoms with van der Waals surface area (Å²) in [6.45, 7) is 1.86. The molecule has 2 aromatic rings. The van der Waals surface area contributed by atoms with Crippen LogP contribution in [0.15, 0.2) is 48.7 Å². The Labute approximate surface area is 147 Å². The van der Waals surface area contributed by atoms with Gasteiger partial charge in [-0.15, -0.1) is 0 Å². The number of carboxylic acid groups (broad SMARTS) is 1. The molecule has 0 atom stereocenters. The number of carboxylic acids is 1. The van der Waals surface area contributed by atoms with Gasteiger partial charge in [-0.1, -0.05) is 30.3 Å². The van der Waals surface area contributed by atoms with Crippen LogP contribution in [0.4, 0.5) is 13.2 Å². The maximum absolute atomic E-state index is 12.7. The normalized spacial score (nSPS) is 11.9. The van der Waals surface area contributed by atoms with Crippen LogP contribution in [-0.2, 0) is 22.3 Å². The molecule has 1 N–H and O–H groups in total. The van der Waals surface area contributed by atoms with Crippen molar-refractivity contribution in [1.82, 2.24) is 4.98 Å². The van der Waals surface area contributed by atoms with Crippen molar-refractivity contribution in [3.05, 3.63) is 65.5 Å². The van der Waals surface area contributed by atoms with Crippen molar-refractivity contribution < 1.29 is 32.5 Å². The fourth-order valence-electron chi connectivity index (χ4n) is 2.11. The first kappa shape index (κ1) is 19.3. The Morgan fingerprint density at radius 1 is 1.19 bits per heavy atom. The maximum atomic E-state index is 12.7. The first-order valence-corrected chi connectivity index (χ1v) is 7.63. The van der Waals surface area contributed by atoms with Crippen molar-refractivity contribution in [2.75, 3.05) is 6.61 Å². The van der Waals surface area contributed by atoms with Crippen molar-refractivity contribution >= 4 is 11.5 Å². The molecule has 0 saturated carbocycles. The van der Waals surface area contributed by atoms with Gasteiger partial charge in [-0.05, 0) is 24.1 Å². The zero-order valence-corrected chi connectivity index (χ0v) is 13.8. The van der Waals surface area contributed by atoms with Gasteiger partial charge in [-0.25, -0.2) is 9.78 Å². The molecule has 0 unspecified atom stereocenters. The summed E-state index contributed by atoms with van der Waals surface area (Å²) in [6.07, 6.45) is -3.45. The van der Waals surface area contributed by atoms with Gasteiger partial charge in [0.2, 0.25) is 5.88 Å². The third kappa shape index (κ3) is 4.98. The number of ether oxygens (including phenoxy) is 2. The molecule has 0 aliphatic heterocycles. The molecule has 0 fully saturated rings. The number of pyridine rings is 1. The lowest BCUT2D eigenvalue weighted by molar-refractivity contribution is -0.141. The Balaban J connectivity index is 2.25. The molecule has 1 heterocycles. The third-order valence-corrected chi connectivity index (χ3v) is 3.30. The number of aliphatic carboxylic acids is 1. The fourth-order valence-corrected chi connectivity index (χ4v) is 2.11. The Bertz CT molecular complexity index is 803. The molecule has 0 radical (unpaired) electrons. The number of rotatable bonds is 7. The summed E-state index contributed by atoms with van der Waals surface area (Å²) >= 11 is 0. The van der Waals surface area contributed by atoms with Crippen LogP contribution in [0.3, 0.4) is 0 Å². The number of hydrogen-bond donors (Lipinski definition) is 1. The van der Waals surface area contributed by atoms with Crippen LogP contribution in [0.5, 0.6) is 5.88 Å². The van der Waals surface area contributed by atoms with E-state index in [1.165, 1.54) is 12.1 Å². The zero-order valence-electron chi connectivity index (χ0n) is 13.8. The average molecular weight is 367 g/mol. The molecule has 138 valence electrons. The highest BCUT2D eigenvalue weighted by molar-refractivity contribution is 6.15. The lowest BCUT2D eigenvalue weighted by Crippen LogP contribution is -2.10. The minimum Gasteiger partial charge on any atom is -0.501 e. The number of hydrogen-bond acceptors (Lipinski definition) is 4. The summed E-state index contributed by atoms with van der Waals surface area (Å²) in [5.74, 6) is -1.40. The number of alkyl halides is 3. The molecule has 0 aliphatic rings. The summed E-state index contributed by atoms with van der Waals surface area (Å²) < 4.78 is 48.5. The zero-order chi connectivity index (χ0) is 19.2. The topological polar surface area (TPSA) is 68.7 Å². The van der Waals surface area contributed by atoms with E-state index < -0.39 is 17.8 Å². The van der Waals surface area contributed by atoms with Gasteiger partial charge in [-0.3, -0.25) is 0 Å². The number of nitrogens with zero attached hydrogens (tertiary/aromatic N) is 1. The van der Waals surface area contributed by atoms with Crippen molar-refractivity contribution in [3.63, 3.8) is 0 Å². The summed E-state index contributed by atoms with van der Waals surface area (Å²) in [5.41, 5.74) is -0.325. The van der Waals surface area contributed by atoms with E-state index in [0.29, 0.717) is 17.7 Å². The first-order chi connectivity index (χ1) is 12.3. The third-order valence-electron chi connectivity index (χ3n) is 3.30. The summed E-state index contributed by atoms with van der Waals surface area (Å²) in [7, 11) is 0. The van der Waals surface area contributed by atoms with E-state index in [1.54, 1.807) is 31.2 Å². The number of carbonyl (C=O) groups is 1. The van der Waals surface area contributed by atoms with Crippen molar-refractivity contribution in [2.24, 2.45) is 0 Å². The van der Waals surface area contributed by atoms with E-state index >= 15 is 0 Å². The highest BCUT2D eigenvalue weighted by Gasteiger charge is 2.32. The Hall–Kier alpha value is -3.03. The monoisotopic (exact) mass is 367 g/mol. The van der Waals surface area contributed by atoms with Crippen molar-refractivity contribution in [3.8, 4) is 5.88 Å². The predicted molar refractivity (Wildman–Crippen MR) is 87.3 cm³/mol. The number of aromatic nitrogens is 1. The van der Waals surface area contributed by atoms with Crippen LogP contribution in [-0.4, -0.2) is 22.7 Å². The second-order valence-electron chi connectivity index (χ2n) is 5.10. The Kier molecular flexibility index (Phi) is 6.21. The van der Waals surface area contributed by atoms with E-state index in [9.17, 15) is 23.1 Å². The molecular formula is C18H16F3NO4.